The Labute approximate surface area is 133 Å². The van der Waals surface area contributed by atoms with Gasteiger partial charge in [-0.2, -0.15) is 4.31 Å². The number of amides is 1. The Morgan fingerprint density at radius 3 is 2.43 bits per heavy atom. The van der Waals surface area contributed by atoms with Crippen LogP contribution >= 0.6 is 0 Å². The second kappa shape index (κ2) is 5.78. The molecule has 2 heterocycles. The third-order valence-corrected chi connectivity index (χ3v) is 5.28. The van der Waals surface area contributed by atoms with E-state index < -0.39 is 10.0 Å². The van der Waals surface area contributed by atoms with E-state index in [9.17, 15) is 18.0 Å². The molecule has 1 amide bonds. The molecule has 122 valence electrons. The number of nitrogens with one attached hydrogen (secondary N) is 1. The van der Waals surface area contributed by atoms with Crippen LogP contribution in [0.3, 0.4) is 0 Å². The highest BCUT2D eigenvalue weighted by Gasteiger charge is 2.27. The van der Waals surface area contributed by atoms with Gasteiger partial charge >= 0.3 is 0 Å². The maximum absolute atomic E-state index is 12.5. The Kier molecular flexibility index (Phi) is 3.95. The Bertz CT molecular complexity index is 912. The van der Waals surface area contributed by atoms with Gasteiger partial charge in [-0.1, -0.05) is 18.2 Å². The van der Waals surface area contributed by atoms with Crippen LogP contribution in [0.15, 0.2) is 35.1 Å². The number of fused-ring (bicyclic) bond motifs is 1. The van der Waals surface area contributed by atoms with E-state index in [2.05, 4.69) is 4.98 Å². The molecule has 1 aliphatic rings. The van der Waals surface area contributed by atoms with Gasteiger partial charge in [0.1, 0.15) is 5.69 Å². The second-order valence-corrected chi connectivity index (χ2v) is 7.54. The zero-order chi connectivity index (χ0) is 16.6. The van der Waals surface area contributed by atoms with Crippen LogP contribution in [0.25, 0.3) is 10.8 Å². The fourth-order valence-corrected chi connectivity index (χ4v) is 3.55. The average molecular weight is 335 g/mol. The first-order chi connectivity index (χ1) is 10.9. The molecule has 1 N–H and O–H groups in total. The molecular weight excluding hydrogens is 318 g/mol. The normalized spacial score (nSPS) is 16.7. The minimum absolute atomic E-state index is 0.224. The monoisotopic (exact) mass is 335 g/mol. The smallest absolute Gasteiger partial charge is 0.270 e. The molecule has 0 spiro atoms. The molecule has 23 heavy (non-hydrogen) atoms. The molecule has 1 aromatic carbocycles. The summed E-state index contributed by atoms with van der Waals surface area (Å²) in [5.41, 5.74) is -0.0808. The Balaban J connectivity index is 1.83. The van der Waals surface area contributed by atoms with E-state index in [1.54, 1.807) is 35.2 Å². The van der Waals surface area contributed by atoms with Crippen LogP contribution in [0.4, 0.5) is 0 Å². The average Bonchev–Trinajstić information content (AvgIpc) is 2.53. The minimum Gasteiger partial charge on any atom is -0.335 e. The summed E-state index contributed by atoms with van der Waals surface area (Å²) in [6.45, 7) is 1.15. The second-order valence-electron chi connectivity index (χ2n) is 5.55. The lowest BCUT2D eigenvalue weighted by Crippen LogP contribution is -2.50. The highest BCUT2D eigenvalue weighted by Crippen LogP contribution is 2.13. The lowest BCUT2D eigenvalue weighted by Gasteiger charge is -2.33. The topological polar surface area (TPSA) is 90.6 Å². The molecule has 0 aliphatic carbocycles. The Hall–Kier alpha value is -2.19. The summed E-state index contributed by atoms with van der Waals surface area (Å²) in [5, 5.41) is 1.24. The van der Waals surface area contributed by atoms with Crippen molar-refractivity contribution >= 4 is 26.7 Å². The first-order valence-electron chi connectivity index (χ1n) is 7.23. The number of nitrogens with zero attached hydrogens (tertiary/aromatic N) is 2. The largest absolute Gasteiger partial charge is 0.335 e. The fraction of sp³-hybridized carbons (Fsp3) is 0.333. The van der Waals surface area contributed by atoms with E-state index in [-0.39, 0.29) is 30.2 Å². The van der Waals surface area contributed by atoms with Crippen molar-refractivity contribution in [3.8, 4) is 0 Å². The summed E-state index contributed by atoms with van der Waals surface area (Å²) in [4.78, 5) is 28.8. The van der Waals surface area contributed by atoms with Crippen molar-refractivity contribution in [2.45, 2.75) is 0 Å². The van der Waals surface area contributed by atoms with E-state index in [0.29, 0.717) is 23.9 Å². The molecule has 8 heteroatoms. The van der Waals surface area contributed by atoms with Crippen molar-refractivity contribution in [2.24, 2.45) is 0 Å². The quantitative estimate of drug-likeness (QED) is 0.851. The number of sulfonamides is 1. The van der Waals surface area contributed by atoms with Gasteiger partial charge in [-0.15, -0.1) is 0 Å². The van der Waals surface area contributed by atoms with E-state index in [1.807, 2.05) is 0 Å². The summed E-state index contributed by atoms with van der Waals surface area (Å²) in [5.74, 6) is -0.291. The van der Waals surface area contributed by atoms with Crippen molar-refractivity contribution in [3.63, 3.8) is 0 Å². The predicted octanol–water partition coefficient (Wildman–Crippen LogP) is 0.245. The predicted molar refractivity (Wildman–Crippen MR) is 86.9 cm³/mol. The minimum atomic E-state index is -3.24. The molecule has 1 aromatic heterocycles. The van der Waals surface area contributed by atoms with E-state index in [0.717, 1.165) is 6.26 Å². The molecule has 1 saturated heterocycles. The first-order valence-corrected chi connectivity index (χ1v) is 9.07. The number of hydrogen-bond donors (Lipinski definition) is 1. The van der Waals surface area contributed by atoms with Gasteiger partial charge in [0, 0.05) is 31.6 Å². The van der Waals surface area contributed by atoms with Crippen LogP contribution in [0.5, 0.6) is 0 Å². The van der Waals surface area contributed by atoms with Crippen LogP contribution in [0.1, 0.15) is 10.5 Å². The van der Waals surface area contributed by atoms with Gasteiger partial charge in [-0.3, -0.25) is 9.59 Å². The number of piperazine rings is 1. The van der Waals surface area contributed by atoms with Gasteiger partial charge in [-0.25, -0.2) is 8.42 Å². The van der Waals surface area contributed by atoms with Gasteiger partial charge in [0.2, 0.25) is 10.0 Å². The molecule has 0 bridgehead atoms. The van der Waals surface area contributed by atoms with Crippen LogP contribution in [0.2, 0.25) is 0 Å². The highest BCUT2D eigenvalue weighted by atomic mass is 32.2. The molecule has 1 aliphatic heterocycles. The lowest BCUT2D eigenvalue weighted by molar-refractivity contribution is 0.0692. The van der Waals surface area contributed by atoms with Crippen LogP contribution in [-0.4, -0.2) is 60.9 Å². The molecule has 0 atom stereocenters. The number of pyridine rings is 1. The van der Waals surface area contributed by atoms with Crippen molar-refractivity contribution < 1.29 is 13.2 Å². The maximum atomic E-state index is 12.5. The zero-order valence-corrected chi connectivity index (χ0v) is 13.5. The van der Waals surface area contributed by atoms with Gasteiger partial charge in [0.15, 0.2) is 0 Å². The number of aromatic nitrogens is 1. The summed E-state index contributed by atoms with van der Waals surface area (Å²) in [6, 6.07) is 8.71. The molecular formula is C15H17N3O4S. The summed E-state index contributed by atoms with van der Waals surface area (Å²) in [7, 11) is -3.24. The Morgan fingerprint density at radius 1 is 1.13 bits per heavy atom. The lowest BCUT2D eigenvalue weighted by atomic mass is 10.1. The molecule has 2 aromatic rings. The summed E-state index contributed by atoms with van der Waals surface area (Å²) in [6.07, 6.45) is 1.16. The number of carbonyl (C=O) groups excluding carboxylic acids is 1. The Morgan fingerprint density at radius 2 is 1.78 bits per heavy atom. The van der Waals surface area contributed by atoms with Crippen LogP contribution < -0.4 is 5.56 Å². The van der Waals surface area contributed by atoms with Crippen molar-refractivity contribution in [3.05, 3.63) is 46.4 Å². The molecule has 3 rings (SSSR count). The van der Waals surface area contributed by atoms with E-state index >= 15 is 0 Å². The van der Waals surface area contributed by atoms with E-state index in [4.69, 9.17) is 0 Å². The third kappa shape index (κ3) is 3.13. The van der Waals surface area contributed by atoms with Gasteiger partial charge in [-0.05, 0) is 17.5 Å². The standard InChI is InChI=1S/C15H17N3O4S/c1-23(21,22)18-8-6-17(7-9-18)15(20)13-10-11-4-2-3-5-12(11)14(19)16-13/h2-5,10H,6-9H2,1H3,(H,16,19). The summed E-state index contributed by atoms with van der Waals surface area (Å²) < 4.78 is 24.3. The van der Waals surface area contributed by atoms with Gasteiger partial charge in [0.05, 0.1) is 6.26 Å². The number of rotatable bonds is 2. The maximum Gasteiger partial charge on any atom is 0.270 e. The van der Waals surface area contributed by atoms with Crippen molar-refractivity contribution in [2.75, 3.05) is 32.4 Å². The van der Waals surface area contributed by atoms with Crippen molar-refractivity contribution in [1.82, 2.24) is 14.2 Å². The highest BCUT2D eigenvalue weighted by molar-refractivity contribution is 7.88. The van der Waals surface area contributed by atoms with Crippen molar-refractivity contribution in [1.29, 1.82) is 0 Å². The fourth-order valence-electron chi connectivity index (χ4n) is 2.72. The number of benzene rings is 1. The number of carbonyl (C=O) groups is 1. The van der Waals surface area contributed by atoms with Gasteiger partial charge < -0.3 is 9.88 Å². The molecule has 1 fully saturated rings. The molecule has 7 nitrogen and oxygen atoms in total. The van der Waals surface area contributed by atoms with Gasteiger partial charge in [0.25, 0.3) is 11.5 Å². The summed E-state index contributed by atoms with van der Waals surface area (Å²) >= 11 is 0. The van der Waals surface area contributed by atoms with Crippen LogP contribution in [0, 0.1) is 0 Å². The first kappa shape index (κ1) is 15.7. The SMILES string of the molecule is CS(=O)(=O)N1CCN(C(=O)c2cc3ccccc3c(=O)[nH]2)CC1. The number of H-pyrrole nitrogens is 1. The third-order valence-electron chi connectivity index (χ3n) is 3.98. The van der Waals surface area contributed by atoms with Crippen LogP contribution in [-0.2, 0) is 10.0 Å². The van der Waals surface area contributed by atoms with E-state index in [1.165, 1.54) is 4.31 Å². The molecule has 0 unspecified atom stereocenters. The zero-order valence-electron chi connectivity index (χ0n) is 12.7. The number of hydrogen-bond acceptors (Lipinski definition) is 4. The molecule has 0 saturated carbocycles. The number of aromatic amines is 1. The molecule has 0 radical (unpaired) electrons.